The Bertz CT molecular complexity index is 386. The second-order valence-electron chi connectivity index (χ2n) is 4.35. The molecule has 1 aromatic rings. The van der Waals surface area contributed by atoms with Gasteiger partial charge in [0.25, 0.3) is 0 Å². The predicted molar refractivity (Wildman–Crippen MR) is 84.7 cm³/mol. The molecule has 1 amide bonds. The van der Waals surface area contributed by atoms with Gasteiger partial charge in [0, 0.05) is 13.0 Å². The minimum Gasteiger partial charge on any atom is -0.494 e. The van der Waals surface area contributed by atoms with E-state index in [4.69, 9.17) is 4.74 Å². The van der Waals surface area contributed by atoms with Gasteiger partial charge in [-0.2, -0.15) is 0 Å². The fourth-order valence-electron chi connectivity index (χ4n) is 1.86. The number of carbonyl (C=O) groups excluding carboxylic acids is 1. The van der Waals surface area contributed by atoms with Crippen LogP contribution >= 0.6 is 12.4 Å². The summed E-state index contributed by atoms with van der Waals surface area (Å²) in [7, 11) is 1.89. The minimum atomic E-state index is 0. The summed E-state index contributed by atoms with van der Waals surface area (Å²) in [4.78, 5) is 11.5. The van der Waals surface area contributed by atoms with E-state index in [1.165, 1.54) is 0 Å². The second kappa shape index (κ2) is 11.6. The summed E-state index contributed by atoms with van der Waals surface area (Å²) in [6.07, 6.45) is 2.25. The number of carbonyl (C=O) groups is 1. The van der Waals surface area contributed by atoms with Gasteiger partial charge in [0.05, 0.1) is 6.61 Å². The number of halogens is 1. The monoisotopic (exact) mass is 300 g/mol. The van der Waals surface area contributed by atoms with Crippen LogP contribution in [0.1, 0.15) is 25.3 Å². The van der Waals surface area contributed by atoms with Crippen LogP contribution in [0.2, 0.25) is 0 Å². The average Bonchev–Trinajstić information content (AvgIpc) is 2.41. The number of nitrogens with one attached hydrogen (secondary N) is 2. The predicted octanol–water partition coefficient (Wildman–Crippen LogP) is 2.17. The van der Waals surface area contributed by atoms with Gasteiger partial charge in [-0.25, -0.2) is 0 Å². The van der Waals surface area contributed by atoms with E-state index < -0.39 is 0 Å². The van der Waals surface area contributed by atoms with E-state index in [9.17, 15) is 4.79 Å². The zero-order chi connectivity index (χ0) is 13.9. The van der Waals surface area contributed by atoms with Crippen molar-refractivity contribution in [1.29, 1.82) is 0 Å². The highest BCUT2D eigenvalue weighted by Crippen LogP contribution is 2.17. The number of rotatable bonds is 9. The summed E-state index contributed by atoms with van der Waals surface area (Å²) in [5.41, 5.74) is 1.14. The standard InChI is InChI=1S/C15H24N2O2.ClH/c1-3-19-14-8-5-4-7-13(14)10-12-17-15(18)9-6-11-16-2;/h4-5,7-8,16H,3,6,9-12H2,1-2H3,(H,17,18);1H. The molecule has 114 valence electrons. The SMILES string of the molecule is CCOc1ccccc1CCNC(=O)CCCNC.Cl. The van der Waals surface area contributed by atoms with Crippen LogP contribution in [0.25, 0.3) is 0 Å². The Morgan fingerprint density at radius 1 is 1.25 bits per heavy atom. The van der Waals surface area contributed by atoms with E-state index in [1.54, 1.807) is 0 Å². The van der Waals surface area contributed by atoms with Gasteiger partial charge < -0.3 is 15.4 Å². The zero-order valence-corrected chi connectivity index (χ0v) is 13.1. The van der Waals surface area contributed by atoms with Crippen molar-refractivity contribution in [1.82, 2.24) is 10.6 Å². The van der Waals surface area contributed by atoms with Crippen molar-refractivity contribution in [2.75, 3.05) is 26.7 Å². The molecule has 0 saturated heterocycles. The Kier molecular flexibility index (Phi) is 10.8. The highest BCUT2D eigenvalue weighted by Gasteiger charge is 2.04. The molecule has 0 fully saturated rings. The number of para-hydroxylation sites is 1. The molecule has 20 heavy (non-hydrogen) atoms. The lowest BCUT2D eigenvalue weighted by molar-refractivity contribution is -0.121. The Labute approximate surface area is 127 Å². The van der Waals surface area contributed by atoms with Crippen LogP contribution in [0.15, 0.2) is 24.3 Å². The third-order valence-corrected chi connectivity index (χ3v) is 2.82. The van der Waals surface area contributed by atoms with Crippen LogP contribution in [0.4, 0.5) is 0 Å². The summed E-state index contributed by atoms with van der Waals surface area (Å²) < 4.78 is 5.55. The normalized spacial score (nSPS) is 9.70. The molecule has 0 heterocycles. The molecule has 0 aromatic heterocycles. The van der Waals surface area contributed by atoms with Crippen molar-refractivity contribution in [3.05, 3.63) is 29.8 Å². The molecule has 0 unspecified atom stereocenters. The van der Waals surface area contributed by atoms with Gasteiger partial charge >= 0.3 is 0 Å². The fraction of sp³-hybridized carbons (Fsp3) is 0.533. The molecule has 0 bridgehead atoms. The summed E-state index contributed by atoms with van der Waals surface area (Å²) in [6.45, 7) is 4.16. The fourth-order valence-corrected chi connectivity index (χ4v) is 1.86. The molecule has 1 rings (SSSR count). The smallest absolute Gasteiger partial charge is 0.220 e. The van der Waals surface area contributed by atoms with Crippen LogP contribution in [0.3, 0.4) is 0 Å². The van der Waals surface area contributed by atoms with Gasteiger partial charge in [0.1, 0.15) is 5.75 Å². The summed E-state index contributed by atoms with van der Waals surface area (Å²) >= 11 is 0. The molecular weight excluding hydrogens is 276 g/mol. The highest BCUT2D eigenvalue weighted by molar-refractivity contribution is 5.85. The van der Waals surface area contributed by atoms with E-state index in [-0.39, 0.29) is 18.3 Å². The number of benzene rings is 1. The molecule has 1 aromatic carbocycles. The van der Waals surface area contributed by atoms with Crippen molar-refractivity contribution in [3.63, 3.8) is 0 Å². The van der Waals surface area contributed by atoms with Crippen LogP contribution in [0.5, 0.6) is 5.75 Å². The first-order valence-electron chi connectivity index (χ1n) is 6.90. The number of ether oxygens (including phenoxy) is 1. The molecular formula is C15H25ClN2O2. The van der Waals surface area contributed by atoms with E-state index in [0.29, 0.717) is 19.6 Å². The van der Waals surface area contributed by atoms with Crippen LogP contribution in [0, 0.1) is 0 Å². The maximum atomic E-state index is 11.5. The largest absolute Gasteiger partial charge is 0.494 e. The van der Waals surface area contributed by atoms with Gasteiger partial charge in [0.15, 0.2) is 0 Å². The topological polar surface area (TPSA) is 50.4 Å². The third-order valence-electron chi connectivity index (χ3n) is 2.82. The van der Waals surface area contributed by atoms with Gasteiger partial charge in [-0.3, -0.25) is 4.79 Å². The molecule has 5 heteroatoms. The summed E-state index contributed by atoms with van der Waals surface area (Å²) in [5.74, 6) is 1.03. The van der Waals surface area contributed by atoms with Crippen LogP contribution < -0.4 is 15.4 Å². The third kappa shape index (κ3) is 7.36. The Morgan fingerprint density at radius 3 is 2.70 bits per heavy atom. The molecule has 0 saturated carbocycles. The van der Waals surface area contributed by atoms with E-state index in [0.717, 1.165) is 30.7 Å². The van der Waals surface area contributed by atoms with E-state index in [1.807, 2.05) is 38.2 Å². The Balaban J connectivity index is 0.00000361. The van der Waals surface area contributed by atoms with E-state index in [2.05, 4.69) is 10.6 Å². The lowest BCUT2D eigenvalue weighted by atomic mass is 10.1. The second-order valence-corrected chi connectivity index (χ2v) is 4.35. The Morgan fingerprint density at radius 2 is 2.00 bits per heavy atom. The molecule has 0 aliphatic rings. The van der Waals surface area contributed by atoms with Gasteiger partial charge in [-0.05, 0) is 45.0 Å². The van der Waals surface area contributed by atoms with Crippen molar-refractivity contribution >= 4 is 18.3 Å². The van der Waals surface area contributed by atoms with Crippen molar-refractivity contribution in [2.45, 2.75) is 26.2 Å². The van der Waals surface area contributed by atoms with Gasteiger partial charge in [-0.15, -0.1) is 12.4 Å². The first-order chi connectivity index (χ1) is 9.27. The number of hydrogen-bond acceptors (Lipinski definition) is 3. The van der Waals surface area contributed by atoms with Crippen molar-refractivity contribution in [2.24, 2.45) is 0 Å². The first-order valence-corrected chi connectivity index (χ1v) is 6.90. The molecule has 2 N–H and O–H groups in total. The van der Waals surface area contributed by atoms with Crippen molar-refractivity contribution < 1.29 is 9.53 Å². The average molecular weight is 301 g/mol. The molecule has 0 atom stereocenters. The molecule has 4 nitrogen and oxygen atoms in total. The van der Waals surface area contributed by atoms with Crippen LogP contribution in [-0.4, -0.2) is 32.7 Å². The summed E-state index contributed by atoms with van der Waals surface area (Å²) in [6, 6.07) is 7.96. The lowest BCUT2D eigenvalue weighted by Crippen LogP contribution is -2.26. The van der Waals surface area contributed by atoms with Crippen molar-refractivity contribution in [3.8, 4) is 5.75 Å². The quantitative estimate of drug-likeness (QED) is 0.687. The van der Waals surface area contributed by atoms with Gasteiger partial charge in [0.2, 0.25) is 5.91 Å². The van der Waals surface area contributed by atoms with Crippen LogP contribution in [-0.2, 0) is 11.2 Å². The number of amides is 1. The van der Waals surface area contributed by atoms with E-state index >= 15 is 0 Å². The minimum absolute atomic E-state index is 0. The molecule has 0 aliphatic carbocycles. The molecule has 0 radical (unpaired) electrons. The number of hydrogen-bond donors (Lipinski definition) is 2. The highest BCUT2D eigenvalue weighted by atomic mass is 35.5. The molecule has 0 aliphatic heterocycles. The molecule has 0 spiro atoms. The maximum absolute atomic E-state index is 11.5. The maximum Gasteiger partial charge on any atom is 0.220 e. The Hall–Kier alpha value is -1.26. The lowest BCUT2D eigenvalue weighted by Gasteiger charge is -2.10. The van der Waals surface area contributed by atoms with Gasteiger partial charge in [-0.1, -0.05) is 18.2 Å². The first kappa shape index (κ1) is 18.7. The zero-order valence-electron chi connectivity index (χ0n) is 12.3. The summed E-state index contributed by atoms with van der Waals surface area (Å²) in [5, 5.41) is 5.97.